The lowest BCUT2D eigenvalue weighted by atomic mass is 10.1. The van der Waals surface area contributed by atoms with E-state index >= 15 is 0 Å². The fourth-order valence-corrected chi connectivity index (χ4v) is 1.96. The molecule has 0 saturated carbocycles. The fourth-order valence-electron chi connectivity index (χ4n) is 1.96. The third-order valence-corrected chi connectivity index (χ3v) is 3.11. The first-order valence-corrected chi connectivity index (χ1v) is 6.29. The van der Waals surface area contributed by atoms with E-state index < -0.39 is 11.6 Å². The van der Waals surface area contributed by atoms with Gasteiger partial charge in [-0.25, -0.2) is 8.78 Å². The minimum Gasteiger partial charge on any atom is -0.306 e. The van der Waals surface area contributed by atoms with Gasteiger partial charge >= 0.3 is 0 Å². The smallest absolute Gasteiger partial charge is 0.126 e. The number of hydrogen-bond donors (Lipinski definition) is 1. The van der Waals surface area contributed by atoms with Crippen LogP contribution in [0.25, 0.3) is 0 Å². The molecule has 2 rings (SSSR count). The third kappa shape index (κ3) is 3.86. The Hall–Kier alpha value is -1.74. The molecule has 0 saturated heterocycles. The summed E-state index contributed by atoms with van der Waals surface area (Å²) in [7, 11) is 0. The minimum absolute atomic E-state index is 0.131. The Balaban J connectivity index is 1.99. The van der Waals surface area contributed by atoms with Crippen LogP contribution in [0.3, 0.4) is 0 Å². The standard InChI is InChI=1S/C16H17F2N/c1-11-3-5-14(6-4-11)12(2)19-10-13-7-15(17)9-16(18)8-13/h3-9,12,19H,10H2,1-2H3. The maximum absolute atomic E-state index is 13.1. The van der Waals surface area contributed by atoms with Crippen LogP contribution < -0.4 is 5.32 Å². The molecular formula is C16H17F2N. The third-order valence-electron chi connectivity index (χ3n) is 3.11. The number of hydrogen-bond acceptors (Lipinski definition) is 1. The van der Waals surface area contributed by atoms with Crippen LogP contribution in [0.2, 0.25) is 0 Å². The molecule has 0 spiro atoms. The van der Waals surface area contributed by atoms with E-state index in [1.165, 1.54) is 17.7 Å². The van der Waals surface area contributed by atoms with Gasteiger partial charge in [-0.1, -0.05) is 29.8 Å². The molecule has 0 heterocycles. The average molecular weight is 261 g/mol. The van der Waals surface area contributed by atoms with Crippen LogP contribution in [0.4, 0.5) is 8.78 Å². The summed E-state index contributed by atoms with van der Waals surface area (Å²) < 4.78 is 26.1. The Bertz CT molecular complexity index is 529. The van der Waals surface area contributed by atoms with Crippen LogP contribution in [0, 0.1) is 18.6 Å². The van der Waals surface area contributed by atoms with E-state index in [2.05, 4.69) is 29.6 Å². The van der Waals surface area contributed by atoms with E-state index in [1.54, 1.807) is 0 Å². The molecule has 0 radical (unpaired) electrons. The highest BCUT2D eigenvalue weighted by molar-refractivity contribution is 5.24. The SMILES string of the molecule is Cc1ccc(C(C)NCc2cc(F)cc(F)c2)cc1. The molecule has 0 aliphatic rings. The average Bonchev–Trinajstić information content (AvgIpc) is 2.36. The number of benzene rings is 2. The van der Waals surface area contributed by atoms with Crippen molar-refractivity contribution in [2.24, 2.45) is 0 Å². The molecule has 0 aliphatic heterocycles. The van der Waals surface area contributed by atoms with Gasteiger partial charge in [-0.05, 0) is 37.1 Å². The highest BCUT2D eigenvalue weighted by atomic mass is 19.1. The Labute approximate surface area is 112 Å². The molecule has 100 valence electrons. The van der Waals surface area contributed by atoms with Gasteiger partial charge in [0.2, 0.25) is 0 Å². The van der Waals surface area contributed by atoms with Crippen LogP contribution >= 0.6 is 0 Å². The second-order valence-corrected chi connectivity index (χ2v) is 4.79. The zero-order valence-electron chi connectivity index (χ0n) is 11.1. The topological polar surface area (TPSA) is 12.0 Å². The van der Waals surface area contributed by atoms with Gasteiger partial charge in [-0.15, -0.1) is 0 Å². The van der Waals surface area contributed by atoms with E-state index in [0.29, 0.717) is 12.1 Å². The van der Waals surface area contributed by atoms with Crippen LogP contribution in [0.1, 0.15) is 29.7 Å². The van der Waals surface area contributed by atoms with Crippen molar-refractivity contribution in [3.63, 3.8) is 0 Å². The van der Waals surface area contributed by atoms with Crippen molar-refractivity contribution in [2.75, 3.05) is 0 Å². The first kappa shape index (κ1) is 13.7. The molecule has 19 heavy (non-hydrogen) atoms. The Kier molecular flexibility index (Phi) is 4.27. The van der Waals surface area contributed by atoms with Crippen molar-refractivity contribution in [3.05, 3.63) is 70.8 Å². The van der Waals surface area contributed by atoms with E-state index in [1.807, 2.05) is 13.8 Å². The summed E-state index contributed by atoms with van der Waals surface area (Å²) in [6.45, 7) is 4.50. The Morgan fingerprint density at radius 3 is 2.16 bits per heavy atom. The second kappa shape index (κ2) is 5.93. The molecule has 1 atom stereocenters. The minimum atomic E-state index is -0.542. The second-order valence-electron chi connectivity index (χ2n) is 4.79. The maximum atomic E-state index is 13.1. The monoisotopic (exact) mass is 261 g/mol. The van der Waals surface area contributed by atoms with Crippen molar-refractivity contribution in [3.8, 4) is 0 Å². The number of rotatable bonds is 4. The first-order chi connectivity index (χ1) is 9.04. The molecule has 0 aliphatic carbocycles. The number of aryl methyl sites for hydroxylation is 1. The Morgan fingerprint density at radius 1 is 1.00 bits per heavy atom. The molecule has 0 amide bonds. The lowest BCUT2D eigenvalue weighted by Crippen LogP contribution is -2.18. The summed E-state index contributed by atoms with van der Waals surface area (Å²) in [6, 6.07) is 11.9. The van der Waals surface area contributed by atoms with E-state index in [0.717, 1.165) is 11.6 Å². The summed E-state index contributed by atoms with van der Waals surface area (Å²) in [5, 5.41) is 3.26. The number of halogens is 2. The van der Waals surface area contributed by atoms with Crippen molar-refractivity contribution >= 4 is 0 Å². The van der Waals surface area contributed by atoms with Gasteiger partial charge in [0.15, 0.2) is 0 Å². The molecule has 3 heteroatoms. The van der Waals surface area contributed by atoms with Crippen molar-refractivity contribution < 1.29 is 8.78 Å². The van der Waals surface area contributed by atoms with E-state index in [9.17, 15) is 8.78 Å². The Morgan fingerprint density at radius 2 is 1.58 bits per heavy atom. The summed E-state index contributed by atoms with van der Waals surface area (Å²) in [5.41, 5.74) is 2.97. The molecule has 0 fully saturated rings. The predicted molar refractivity (Wildman–Crippen MR) is 72.8 cm³/mol. The molecule has 1 nitrogen and oxygen atoms in total. The van der Waals surface area contributed by atoms with E-state index in [-0.39, 0.29) is 6.04 Å². The summed E-state index contributed by atoms with van der Waals surface area (Å²) in [6.07, 6.45) is 0. The van der Waals surface area contributed by atoms with Crippen LogP contribution in [0.15, 0.2) is 42.5 Å². The number of nitrogens with one attached hydrogen (secondary N) is 1. The van der Waals surface area contributed by atoms with Gasteiger partial charge in [0.1, 0.15) is 11.6 Å². The molecule has 1 N–H and O–H groups in total. The molecule has 0 aromatic heterocycles. The van der Waals surface area contributed by atoms with Gasteiger partial charge in [0.25, 0.3) is 0 Å². The van der Waals surface area contributed by atoms with Crippen LogP contribution in [0.5, 0.6) is 0 Å². The highest BCUT2D eigenvalue weighted by Crippen LogP contribution is 2.14. The van der Waals surface area contributed by atoms with Crippen LogP contribution in [-0.2, 0) is 6.54 Å². The maximum Gasteiger partial charge on any atom is 0.126 e. The highest BCUT2D eigenvalue weighted by Gasteiger charge is 2.06. The lowest BCUT2D eigenvalue weighted by Gasteiger charge is -2.14. The zero-order valence-corrected chi connectivity index (χ0v) is 11.1. The molecular weight excluding hydrogens is 244 g/mol. The fraction of sp³-hybridized carbons (Fsp3) is 0.250. The summed E-state index contributed by atoms with van der Waals surface area (Å²) in [4.78, 5) is 0. The predicted octanol–water partition coefficient (Wildman–Crippen LogP) is 4.12. The molecule has 0 bridgehead atoms. The lowest BCUT2D eigenvalue weighted by molar-refractivity contribution is 0.554. The van der Waals surface area contributed by atoms with Crippen molar-refractivity contribution in [1.29, 1.82) is 0 Å². The van der Waals surface area contributed by atoms with E-state index in [4.69, 9.17) is 0 Å². The molecule has 2 aromatic carbocycles. The molecule has 1 unspecified atom stereocenters. The summed E-state index contributed by atoms with van der Waals surface area (Å²) in [5.74, 6) is -1.08. The largest absolute Gasteiger partial charge is 0.306 e. The van der Waals surface area contributed by atoms with Crippen molar-refractivity contribution in [1.82, 2.24) is 5.32 Å². The normalized spacial score (nSPS) is 12.4. The summed E-state index contributed by atoms with van der Waals surface area (Å²) >= 11 is 0. The van der Waals surface area contributed by atoms with Gasteiger partial charge in [0, 0.05) is 18.7 Å². The van der Waals surface area contributed by atoms with Crippen LogP contribution in [-0.4, -0.2) is 0 Å². The van der Waals surface area contributed by atoms with Gasteiger partial charge in [-0.3, -0.25) is 0 Å². The van der Waals surface area contributed by atoms with Gasteiger partial charge in [-0.2, -0.15) is 0 Å². The van der Waals surface area contributed by atoms with Crippen molar-refractivity contribution in [2.45, 2.75) is 26.4 Å². The van der Waals surface area contributed by atoms with Gasteiger partial charge in [0.05, 0.1) is 0 Å². The zero-order chi connectivity index (χ0) is 13.8. The molecule has 2 aromatic rings. The quantitative estimate of drug-likeness (QED) is 0.872. The van der Waals surface area contributed by atoms with Gasteiger partial charge < -0.3 is 5.32 Å². The first-order valence-electron chi connectivity index (χ1n) is 6.29.